The van der Waals surface area contributed by atoms with Gasteiger partial charge in [0, 0.05) is 0 Å². The number of hydrogen-bond donors (Lipinski definition) is 1. The van der Waals surface area contributed by atoms with Gasteiger partial charge in [-0.1, -0.05) is 0 Å². The molecule has 1 atom stereocenters. The molecule has 1 heterocycles. The molecule has 1 N–H and O–H groups in total. The average Bonchev–Trinajstić information content (AvgIpc) is 1.84. The minimum atomic E-state index is -1.31. The van der Waals surface area contributed by atoms with Crippen LogP contribution in [0.1, 0.15) is 0 Å². The van der Waals surface area contributed by atoms with Crippen LogP contribution in [0.2, 0.25) is 0 Å². The van der Waals surface area contributed by atoms with E-state index in [0.29, 0.717) is 18.8 Å². The van der Waals surface area contributed by atoms with E-state index in [-0.39, 0.29) is 6.54 Å². The summed E-state index contributed by atoms with van der Waals surface area (Å²) in [5.74, 6) is 0. The lowest BCUT2D eigenvalue weighted by molar-refractivity contribution is -0.945. The van der Waals surface area contributed by atoms with Crippen molar-refractivity contribution in [1.29, 1.82) is 0 Å². The molecule has 0 amide bonds. The molecule has 5 heteroatoms. The van der Waals surface area contributed by atoms with E-state index in [2.05, 4.69) is 4.18 Å². The minimum absolute atomic E-state index is 0.130. The van der Waals surface area contributed by atoms with Crippen molar-refractivity contribution in [3.63, 3.8) is 0 Å². The molecule has 0 spiro atoms. The number of rotatable bonds is 0. The summed E-state index contributed by atoms with van der Waals surface area (Å²) in [6, 6.07) is 0. The second kappa shape index (κ2) is 1.61. The lowest BCUT2D eigenvalue weighted by Gasteiger charge is -2.20. The predicted octanol–water partition coefficient (Wildman–Crippen LogP) is 0.284. The number of quaternary nitrogens is 1. The van der Waals surface area contributed by atoms with Crippen molar-refractivity contribution in [3.05, 3.63) is 5.21 Å². The summed E-state index contributed by atoms with van der Waals surface area (Å²) < 4.78 is 3.18. The highest BCUT2D eigenvalue weighted by Crippen LogP contribution is 2.23. The highest BCUT2D eigenvalue weighted by molar-refractivity contribution is 7.89. The van der Waals surface area contributed by atoms with Crippen LogP contribution in [0.4, 0.5) is 0 Å². The van der Waals surface area contributed by atoms with Crippen LogP contribution >= 0.6 is 12.2 Å². The molecule has 1 unspecified atom stereocenters. The number of hydrogen-bond acceptors (Lipinski definition) is 4. The van der Waals surface area contributed by atoms with Gasteiger partial charge in [-0.15, -0.1) is 4.21 Å². The van der Waals surface area contributed by atoms with Crippen LogP contribution in [0.25, 0.3) is 0 Å². The van der Waals surface area contributed by atoms with Gasteiger partial charge in [-0.05, 0) is 0 Å². The van der Waals surface area contributed by atoms with Gasteiger partial charge >= 0.3 is 0 Å². The summed E-state index contributed by atoms with van der Waals surface area (Å²) in [5.41, 5.74) is 0. The van der Waals surface area contributed by atoms with E-state index in [1.165, 1.54) is 0 Å². The number of hydroxylamine groups is 2. The molecule has 1 aliphatic heterocycles. The van der Waals surface area contributed by atoms with Crippen molar-refractivity contribution in [2.24, 2.45) is 0 Å². The Morgan fingerprint density at radius 1 is 1.86 bits per heavy atom. The van der Waals surface area contributed by atoms with Crippen molar-refractivity contribution in [3.8, 4) is 0 Å². The molecule has 0 aromatic rings. The van der Waals surface area contributed by atoms with E-state index in [1.54, 1.807) is 0 Å². The molecule has 1 saturated heterocycles. The van der Waals surface area contributed by atoms with E-state index in [9.17, 15) is 5.21 Å². The molecule has 0 aliphatic carbocycles. The Kier molecular flexibility index (Phi) is 1.22. The van der Waals surface area contributed by atoms with Gasteiger partial charge in [0.15, 0.2) is 0 Å². The van der Waals surface area contributed by atoms with Crippen molar-refractivity contribution >= 4 is 12.2 Å². The zero-order valence-corrected chi connectivity index (χ0v) is 4.35. The maximum absolute atomic E-state index is 10.2. The predicted molar refractivity (Wildman–Crippen MR) is 23.8 cm³/mol. The Morgan fingerprint density at radius 3 is 2.71 bits per heavy atom. The van der Waals surface area contributed by atoms with E-state index < -0.39 is 4.21 Å². The highest BCUT2D eigenvalue weighted by Gasteiger charge is 2.24. The Hall–Kier alpha value is 0.190. The SMILES string of the molecule is [O-][N+]1(O)CCOS1. The van der Waals surface area contributed by atoms with Gasteiger partial charge in [0.25, 0.3) is 12.2 Å². The molecule has 1 aliphatic rings. The fraction of sp³-hybridized carbons (Fsp3) is 1.00. The standard InChI is InChI=1S/C2H5NO3S/c4-3(5)1-2-6-7-3/h4H,1-2H2. The summed E-state index contributed by atoms with van der Waals surface area (Å²) in [4.78, 5) is 0. The topological polar surface area (TPSA) is 52.5 Å². The first-order valence-corrected chi connectivity index (χ1v) is 2.54. The summed E-state index contributed by atoms with van der Waals surface area (Å²) in [7, 11) is 0. The maximum Gasteiger partial charge on any atom is 0.285 e. The van der Waals surface area contributed by atoms with Gasteiger partial charge in [0.2, 0.25) is 0 Å². The molecule has 1 fully saturated rings. The van der Waals surface area contributed by atoms with Gasteiger partial charge in [0.05, 0.1) is 0 Å². The monoisotopic (exact) mass is 123 g/mol. The van der Waals surface area contributed by atoms with Crippen LogP contribution in [0.15, 0.2) is 0 Å². The third-order valence-electron chi connectivity index (χ3n) is 0.626. The van der Waals surface area contributed by atoms with Crippen molar-refractivity contribution < 1.29 is 13.6 Å². The van der Waals surface area contributed by atoms with Gasteiger partial charge in [-0.3, -0.25) is 4.18 Å². The normalized spacial score (nSPS) is 42.0. The molecule has 0 aromatic heterocycles. The molecule has 0 aromatic carbocycles. The lowest BCUT2D eigenvalue weighted by atomic mass is 10.7. The summed E-state index contributed by atoms with van der Waals surface area (Å²) in [5, 5.41) is 18.6. The first-order chi connectivity index (χ1) is 3.21. The minimum Gasteiger partial charge on any atom is -0.585 e. The largest absolute Gasteiger partial charge is 0.585 e. The van der Waals surface area contributed by atoms with Crippen molar-refractivity contribution in [2.45, 2.75) is 0 Å². The van der Waals surface area contributed by atoms with E-state index in [1.807, 2.05) is 0 Å². The Bertz CT molecular complexity index is 67.3. The summed E-state index contributed by atoms with van der Waals surface area (Å²) >= 11 is 0.537. The molecular formula is C2H5NO3S. The molecule has 7 heavy (non-hydrogen) atoms. The average molecular weight is 123 g/mol. The van der Waals surface area contributed by atoms with Gasteiger partial charge in [-0.2, -0.15) is 0 Å². The van der Waals surface area contributed by atoms with Crippen molar-refractivity contribution in [2.75, 3.05) is 13.2 Å². The van der Waals surface area contributed by atoms with Crippen LogP contribution in [0, 0.1) is 5.21 Å². The highest BCUT2D eigenvalue weighted by atomic mass is 32.2. The Morgan fingerprint density at radius 2 is 2.57 bits per heavy atom. The van der Waals surface area contributed by atoms with Crippen LogP contribution in [0.3, 0.4) is 0 Å². The van der Waals surface area contributed by atoms with Crippen LogP contribution in [-0.4, -0.2) is 22.6 Å². The fourth-order valence-electron chi connectivity index (χ4n) is 0.310. The summed E-state index contributed by atoms with van der Waals surface area (Å²) in [6.45, 7) is 0.468. The molecule has 1 rings (SSSR count). The van der Waals surface area contributed by atoms with E-state index in [4.69, 9.17) is 5.21 Å². The van der Waals surface area contributed by atoms with E-state index >= 15 is 0 Å². The van der Waals surface area contributed by atoms with Gasteiger partial charge < -0.3 is 5.21 Å². The maximum atomic E-state index is 10.2. The first kappa shape index (κ1) is 5.33. The molecule has 0 bridgehead atoms. The Labute approximate surface area is 45.1 Å². The van der Waals surface area contributed by atoms with Gasteiger partial charge in [-0.25, -0.2) is 5.21 Å². The summed E-state index contributed by atoms with van der Waals surface area (Å²) in [6.07, 6.45) is 0. The lowest BCUT2D eigenvalue weighted by Crippen LogP contribution is -2.26. The second-order valence-corrected chi connectivity index (χ2v) is 2.21. The fourth-order valence-corrected chi connectivity index (χ4v) is 0.772. The Balaban J connectivity index is 2.40. The molecule has 42 valence electrons. The number of nitrogens with zero attached hydrogens (tertiary/aromatic N) is 1. The van der Waals surface area contributed by atoms with Crippen LogP contribution < -0.4 is 0 Å². The molecule has 4 nitrogen and oxygen atoms in total. The molecule has 0 radical (unpaired) electrons. The molecular weight excluding hydrogens is 118 g/mol. The van der Waals surface area contributed by atoms with Crippen LogP contribution in [0.5, 0.6) is 0 Å². The second-order valence-electron chi connectivity index (χ2n) is 1.26. The van der Waals surface area contributed by atoms with Crippen molar-refractivity contribution in [1.82, 2.24) is 0 Å². The third kappa shape index (κ3) is 1.29. The van der Waals surface area contributed by atoms with E-state index in [0.717, 1.165) is 0 Å². The third-order valence-corrected chi connectivity index (χ3v) is 1.31. The van der Waals surface area contributed by atoms with Gasteiger partial charge in [0.1, 0.15) is 13.2 Å². The quantitative estimate of drug-likeness (QED) is 0.217. The first-order valence-electron chi connectivity index (χ1n) is 1.84. The van der Waals surface area contributed by atoms with Crippen LogP contribution in [-0.2, 0) is 4.18 Å². The zero-order chi connectivity index (χ0) is 5.33. The molecule has 0 saturated carbocycles. The smallest absolute Gasteiger partial charge is 0.285 e. The zero-order valence-electron chi connectivity index (χ0n) is 3.53.